The van der Waals surface area contributed by atoms with Gasteiger partial charge in [0, 0.05) is 5.56 Å². The van der Waals surface area contributed by atoms with Crippen LogP contribution in [0.5, 0.6) is 0 Å². The summed E-state index contributed by atoms with van der Waals surface area (Å²) < 4.78 is 22.4. The second-order valence-corrected chi connectivity index (χ2v) is 2.75. The second kappa shape index (κ2) is 5.14. The van der Waals surface area contributed by atoms with E-state index >= 15 is 0 Å². The van der Waals surface area contributed by atoms with Gasteiger partial charge in [-0.15, -0.1) is 0 Å². The van der Waals surface area contributed by atoms with E-state index in [9.17, 15) is 9.18 Å². The van der Waals surface area contributed by atoms with E-state index in [0.717, 1.165) is 0 Å². The van der Waals surface area contributed by atoms with Crippen molar-refractivity contribution in [3.63, 3.8) is 0 Å². The minimum Gasteiger partial charge on any atom is -0.438 e. The van der Waals surface area contributed by atoms with Gasteiger partial charge in [0.05, 0.1) is 7.11 Å². The topological polar surface area (TPSA) is 35.5 Å². The van der Waals surface area contributed by atoms with Crippen molar-refractivity contribution in [3.05, 3.63) is 48.3 Å². The number of rotatable bonds is 3. The first kappa shape index (κ1) is 11.2. The van der Waals surface area contributed by atoms with E-state index in [0.29, 0.717) is 0 Å². The Hall–Kier alpha value is -1.84. The number of hydrogen-bond acceptors (Lipinski definition) is 3. The summed E-state index contributed by atoms with van der Waals surface area (Å²) in [5, 5.41) is 0. The normalized spacial score (nSPS) is 11.6. The molecule has 0 aliphatic rings. The maximum absolute atomic E-state index is 13.3. The van der Waals surface area contributed by atoms with Gasteiger partial charge in [-0.2, -0.15) is 0 Å². The zero-order valence-electron chi connectivity index (χ0n) is 8.27. The van der Waals surface area contributed by atoms with E-state index < -0.39 is 18.1 Å². The highest BCUT2D eigenvalue weighted by molar-refractivity contribution is 5.60. The Balaban J connectivity index is 2.88. The molecule has 0 N–H and O–H groups in total. The van der Waals surface area contributed by atoms with Gasteiger partial charge in [-0.25, -0.2) is 9.18 Å². The van der Waals surface area contributed by atoms with Crippen LogP contribution >= 0.6 is 0 Å². The van der Waals surface area contributed by atoms with Crippen molar-refractivity contribution < 1.29 is 18.7 Å². The Morgan fingerprint density at radius 3 is 2.73 bits per heavy atom. The van der Waals surface area contributed by atoms with Gasteiger partial charge in [-0.05, 0) is 12.1 Å². The fourth-order valence-electron chi connectivity index (χ4n) is 1.10. The molecule has 1 unspecified atom stereocenters. The number of methoxy groups -OCH3 is 1. The van der Waals surface area contributed by atoms with Crippen LogP contribution in [0.4, 0.5) is 9.18 Å². The van der Waals surface area contributed by atoms with Crippen LogP contribution in [-0.4, -0.2) is 13.3 Å². The lowest BCUT2D eigenvalue weighted by molar-refractivity contribution is 0.0513. The highest BCUT2D eigenvalue weighted by Crippen LogP contribution is 2.21. The Morgan fingerprint density at radius 1 is 1.53 bits per heavy atom. The summed E-state index contributed by atoms with van der Waals surface area (Å²) >= 11 is 0. The molecule has 80 valence electrons. The number of hydrogen-bond donors (Lipinski definition) is 0. The minimum atomic E-state index is -0.872. The molecule has 1 aromatic carbocycles. The SMILES string of the molecule is C=CC(OC(=O)OC)c1ccccc1F. The van der Waals surface area contributed by atoms with Gasteiger partial charge in [-0.3, -0.25) is 0 Å². The van der Waals surface area contributed by atoms with Crippen molar-refractivity contribution in [2.45, 2.75) is 6.10 Å². The molecule has 15 heavy (non-hydrogen) atoms. The maximum Gasteiger partial charge on any atom is 0.508 e. The van der Waals surface area contributed by atoms with E-state index in [1.807, 2.05) is 0 Å². The van der Waals surface area contributed by atoms with Crippen molar-refractivity contribution in [1.82, 2.24) is 0 Å². The van der Waals surface area contributed by atoms with Gasteiger partial charge in [0.2, 0.25) is 0 Å². The molecule has 0 spiro atoms. The lowest BCUT2D eigenvalue weighted by Gasteiger charge is -2.13. The molecule has 0 bridgehead atoms. The molecule has 0 amide bonds. The second-order valence-electron chi connectivity index (χ2n) is 2.75. The zero-order valence-corrected chi connectivity index (χ0v) is 8.27. The molecule has 0 radical (unpaired) electrons. The van der Waals surface area contributed by atoms with Gasteiger partial charge < -0.3 is 9.47 Å². The average Bonchev–Trinajstić information content (AvgIpc) is 2.26. The fraction of sp³-hybridized carbons (Fsp3) is 0.182. The quantitative estimate of drug-likeness (QED) is 0.568. The van der Waals surface area contributed by atoms with Crippen LogP contribution < -0.4 is 0 Å². The highest BCUT2D eigenvalue weighted by atomic mass is 19.1. The van der Waals surface area contributed by atoms with E-state index in [4.69, 9.17) is 4.74 Å². The molecule has 1 rings (SSSR count). The van der Waals surface area contributed by atoms with E-state index in [1.165, 1.54) is 25.3 Å². The number of ether oxygens (including phenoxy) is 2. The molecule has 0 aliphatic carbocycles. The molecule has 1 aromatic rings. The first-order chi connectivity index (χ1) is 7.19. The maximum atomic E-state index is 13.3. The lowest BCUT2D eigenvalue weighted by atomic mass is 10.1. The van der Waals surface area contributed by atoms with Gasteiger partial charge in [-0.1, -0.05) is 24.8 Å². The summed E-state index contributed by atoms with van der Waals surface area (Å²) in [7, 11) is 1.18. The molecule has 1 atom stereocenters. The van der Waals surface area contributed by atoms with Crippen molar-refractivity contribution in [3.8, 4) is 0 Å². The van der Waals surface area contributed by atoms with Crippen LogP contribution in [0.15, 0.2) is 36.9 Å². The Bertz CT molecular complexity index is 363. The largest absolute Gasteiger partial charge is 0.508 e. The van der Waals surface area contributed by atoms with Gasteiger partial charge >= 0.3 is 6.16 Å². The molecule has 0 heterocycles. The van der Waals surface area contributed by atoms with E-state index in [2.05, 4.69) is 11.3 Å². The van der Waals surface area contributed by atoms with Crippen LogP contribution in [0, 0.1) is 5.82 Å². The first-order valence-corrected chi connectivity index (χ1v) is 4.30. The van der Waals surface area contributed by atoms with Crippen molar-refractivity contribution in [2.24, 2.45) is 0 Å². The smallest absolute Gasteiger partial charge is 0.438 e. The van der Waals surface area contributed by atoms with Gasteiger partial charge in [0.1, 0.15) is 5.82 Å². The van der Waals surface area contributed by atoms with Crippen LogP contribution in [-0.2, 0) is 9.47 Å². The number of halogens is 1. The summed E-state index contributed by atoms with van der Waals surface area (Å²) in [5.41, 5.74) is 0.248. The van der Waals surface area contributed by atoms with E-state index in [-0.39, 0.29) is 5.56 Å². The molecular weight excluding hydrogens is 199 g/mol. The minimum absolute atomic E-state index is 0.248. The standard InChI is InChI=1S/C11H11FO3/c1-3-10(15-11(13)14-2)8-6-4-5-7-9(8)12/h3-7,10H,1H2,2H3. The number of benzene rings is 1. The van der Waals surface area contributed by atoms with E-state index in [1.54, 1.807) is 12.1 Å². The molecule has 0 aromatic heterocycles. The van der Waals surface area contributed by atoms with Crippen LogP contribution in [0.3, 0.4) is 0 Å². The third kappa shape index (κ3) is 2.80. The lowest BCUT2D eigenvalue weighted by Crippen LogP contribution is -2.10. The molecule has 4 heteroatoms. The highest BCUT2D eigenvalue weighted by Gasteiger charge is 2.16. The average molecular weight is 210 g/mol. The third-order valence-electron chi connectivity index (χ3n) is 1.82. The third-order valence-corrected chi connectivity index (χ3v) is 1.82. The molecule has 3 nitrogen and oxygen atoms in total. The molecule has 0 saturated carbocycles. The molecule has 0 aliphatic heterocycles. The van der Waals surface area contributed by atoms with Crippen LogP contribution in [0.2, 0.25) is 0 Å². The molecule has 0 saturated heterocycles. The summed E-state index contributed by atoms with van der Waals surface area (Å²) in [4.78, 5) is 10.9. The Kier molecular flexibility index (Phi) is 3.85. The van der Waals surface area contributed by atoms with Crippen LogP contribution in [0.1, 0.15) is 11.7 Å². The van der Waals surface area contributed by atoms with Crippen LogP contribution in [0.25, 0.3) is 0 Å². The predicted octanol–water partition coefficient (Wildman–Crippen LogP) is 2.84. The molecular formula is C11H11FO3. The number of carbonyl (C=O) groups is 1. The van der Waals surface area contributed by atoms with Crippen molar-refractivity contribution in [1.29, 1.82) is 0 Å². The van der Waals surface area contributed by atoms with Crippen molar-refractivity contribution in [2.75, 3.05) is 7.11 Å². The zero-order chi connectivity index (χ0) is 11.3. The summed E-state index contributed by atoms with van der Waals surface area (Å²) in [6.45, 7) is 3.47. The Labute approximate surface area is 87.1 Å². The molecule has 0 fully saturated rings. The summed E-state index contributed by atoms with van der Waals surface area (Å²) in [6.07, 6.45) is -0.378. The Morgan fingerprint density at radius 2 is 2.20 bits per heavy atom. The van der Waals surface area contributed by atoms with Gasteiger partial charge in [0.15, 0.2) is 6.10 Å². The van der Waals surface area contributed by atoms with Crippen molar-refractivity contribution >= 4 is 6.16 Å². The summed E-state index contributed by atoms with van der Waals surface area (Å²) in [5.74, 6) is -0.452. The monoisotopic (exact) mass is 210 g/mol. The predicted molar refractivity (Wildman–Crippen MR) is 52.8 cm³/mol. The number of carbonyl (C=O) groups excluding carboxylic acids is 1. The summed E-state index contributed by atoms with van der Waals surface area (Å²) in [6, 6.07) is 6.00. The first-order valence-electron chi connectivity index (χ1n) is 4.30. The van der Waals surface area contributed by atoms with Gasteiger partial charge in [0.25, 0.3) is 0 Å². The fourth-order valence-corrected chi connectivity index (χ4v) is 1.10.